The molecule has 0 aliphatic heterocycles. The normalized spacial score (nSPS) is 9.77. The summed E-state index contributed by atoms with van der Waals surface area (Å²) in [5.74, 6) is -0.0365. The van der Waals surface area contributed by atoms with Crippen LogP contribution >= 0.6 is 0 Å². The van der Waals surface area contributed by atoms with E-state index in [2.05, 4.69) is 58.8 Å². The minimum Gasteiger partial charge on any atom is -0.293 e. The van der Waals surface area contributed by atoms with E-state index in [1.807, 2.05) is 19.1 Å². The fourth-order valence-corrected chi connectivity index (χ4v) is 1.99. The van der Waals surface area contributed by atoms with E-state index in [4.69, 9.17) is 0 Å². The topological polar surface area (TPSA) is 47.8 Å². The van der Waals surface area contributed by atoms with Crippen molar-refractivity contribution in [3.63, 3.8) is 0 Å². The molecular formula is C18H19N3O. The van der Waals surface area contributed by atoms with Gasteiger partial charge in [0, 0.05) is 14.0 Å². The van der Waals surface area contributed by atoms with Crippen LogP contribution in [0.3, 0.4) is 0 Å². The third-order valence-corrected chi connectivity index (χ3v) is 3.32. The summed E-state index contributed by atoms with van der Waals surface area (Å²) in [4.78, 5) is 10.8. The number of carbonyl (C=O) groups is 1. The lowest BCUT2D eigenvalue weighted by molar-refractivity contribution is 0.101. The Labute approximate surface area is 130 Å². The first-order chi connectivity index (χ1) is 10.6. The number of Topliss-reactive ketones (excluding diaryl/α,β-unsaturated/α-hetero) is 1. The van der Waals surface area contributed by atoms with E-state index >= 15 is 0 Å². The molecule has 4 heteroatoms. The zero-order valence-electron chi connectivity index (χ0n) is 13.0. The molecule has 0 atom stereocenters. The van der Waals surface area contributed by atoms with Crippen molar-refractivity contribution in [3.05, 3.63) is 72.1 Å². The Morgan fingerprint density at radius 1 is 0.909 bits per heavy atom. The molecule has 0 aliphatic carbocycles. The van der Waals surface area contributed by atoms with Gasteiger partial charge in [0.2, 0.25) is 0 Å². The summed E-state index contributed by atoms with van der Waals surface area (Å²) in [6.45, 7) is 3.30. The van der Waals surface area contributed by atoms with Crippen molar-refractivity contribution in [3.8, 4) is 11.1 Å². The zero-order chi connectivity index (χ0) is 15.9. The van der Waals surface area contributed by atoms with Gasteiger partial charge in [-0.1, -0.05) is 65.9 Å². The number of aromatic nitrogens is 3. The molecule has 2 aromatic carbocycles. The minimum atomic E-state index is -0.0365. The smallest absolute Gasteiger partial charge is 0.181 e. The number of hydrogen-bond donors (Lipinski definition) is 0. The monoisotopic (exact) mass is 293 g/mol. The predicted octanol–water partition coefficient (Wildman–Crippen LogP) is 3.68. The molecule has 0 amide bonds. The molecule has 0 radical (unpaired) electrons. The van der Waals surface area contributed by atoms with Crippen LogP contribution in [0.25, 0.3) is 11.1 Å². The van der Waals surface area contributed by atoms with Crippen LogP contribution in [0.5, 0.6) is 0 Å². The van der Waals surface area contributed by atoms with Gasteiger partial charge in [-0.25, -0.2) is 0 Å². The summed E-state index contributed by atoms with van der Waals surface area (Å²) >= 11 is 0. The summed E-state index contributed by atoms with van der Waals surface area (Å²) in [5.41, 5.74) is 3.83. The Hall–Kier alpha value is -2.75. The van der Waals surface area contributed by atoms with Crippen LogP contribution in [0.4, 0.5) is 0 Å². The highest BCUT2D eigenvalue weighted by Gasteiger charge is 2.08. The third-order valence-electron chi connectivity index (χ3n) is 3.32. The molecule has 3 rings (SSSR count). The van der Waals surface area contributed by atoms with Gasteiger partial charge in [0.15, 0.2) is 11.5 Å². The highest BCUT2D eigenvalue weighted by Crippen LogP contribution is 2.17. The quantitative estimate of drug-likeness (QED) is 0.677. The molecule has 0 spiro atoms. The van der Waals surface area contributed by atoms with Crippen LogP contribution in [0.1, 0.15) is 23.1 Å². The number of aryl methyl sites for hydroxylation is 1. The first kappa shape index (κ1) is 15.6. The second-order valence-corrected chi connectivity index (χ2v) is 4.94. The molecule has 4 nitrogen and oxygen atoms in total. The molecule has 0 aliphatic rings. The summed E-state index contributed by atoms with van der Waals surface area (Å²) in [7, 11) is 1.76. The van der Waals surface area contributed by atoms with E-state index in [0.717, 1.165) is 5.69 Å². The van der Waals surface area contributed by atoms with E-state index in [-0.39, 0.29) is 5.78 Å². The number of nitrogens with zero attached hydrogens (tertiary/aromatic N) is 3. The molecule has 0 N–H and O–H groups in total. The van der Waals surface area contributed by atoms with Gasteiger partial charge >= 0.3 is 0 Å². The Kier molecular flexibility index (Phi) is 5.20. The lowest BCUT2D eigenvalue weighted by atomic mass is 10.1. The van der Waals surface area contributed by atoms with Crippen molar-refractivity contribution < 1.29 is 4.79 Å². The fourth-order valence-electron chi connectivity index (χ4n) is 1.99. The third kappa shape index (κ3) is 3.88. The highest BCUT2D eigenvalue weighted by atomic mass is 16.1. The van der Waals surface area contributed by atoms with Gasteiger partial charge in [-0.3, -0.25) is 9.48 Å². The second kappa shape index (κ2) is 7.31. The van der Waals surface area contributed by atoms with E-state index in [1.54, 1.807) is 11.7 Å². The molecule has 0 saturated carbocycles. The number of hydrogen-bond acceptors (Lipinski definition) is 3. The van der Waals surface area contributed by atoms with Crippen LogP contribution in [0, 0.1) is 6.92 Å². The zero-order valence-corrected chi connectivity index (χ0v) is 13.0. The van der Waals surface area contributed by atoms with Gasteiger partial charge in [0.25, 0.3) is 0 Å². The van der Waals surface area contributed by atoms with Gasteiger partial charge in [0.1, 0.15) is 0 Å². The molecule has 3 aromatic rings. The van der Waals surface area contributed by atoms with Crippen LogP contribution in [-0.2, 0) is 7.05 Å². The molecule has 0 bridgehead atoms. The molecule has 22 heavy (non-hydrogen) atoms. The SMILES string of the molecule is CC(=O)c1nnn(C)c1C.c1ccc(-c2ccccc2)cc1. The largest absolute Gasteiger partial charge is 0.293 e. The first-order valence-corrected chi connectivity index (χ1v) is 7.07. The van der Waals surface area contributed by atoms with Crippen molar-refractivity contribution in [2.75, 3.05) is 0 Å². The van der Waals surface area contributed by atoms with Crippen molar-refractivity contribution in [2.24, 2.45) is 7.05 Å². The number of benzene rings is 2. The first-order valence-electron chi connectivity index (χ1n) is 7.07. The Morgan fingerprint density at radius 3 is 1.64 bits per heavy atom. The van der Waals surface area contributed by atoms with Crippen molar-refractivity contribution in [1.82, 2.24) is 15.0 Å². The van der Waals surface area contributed by atoms with Crippen LogP contribution in [0.2, 0.25) is 0 Å². The van der Waals surface area contributed by atoms with E-state index in [9.17, 15) is 4.79 Å². The van der Waals surface area contributed by atoms with Crippen LogP contribution in [0.15, 0.2) is 60.7 Å². The molecule has 0 saturated heterocycles. The van der Waals surface area contributed by atoms with Gasteiger partial charge in [-0.15, -0.1) is 5.10 Å². The minimum absolute atomic E-state index is 0.0365. The molecule has 112 valence electrons. The number of carbonyl (C=O) groups excluding carboxylic acids is 1. The highest BCUT2D eigenvalue weighted by molar-refractivity contribution is 5.92. The maximum Gasteiger partial charge on any atom is 0.181 e. The Morgan fingerprint density at radius 2 is 1.36 bits per heavy atom. The van der Waals surface area contributed by atoms with Crippen molar-refractivity contribution in [2.45, 2.75) is 13.8 Å². The van der Waals surface area contributed by atoms with Crippen molar-refractivity contribution in [1.29, 1.82) is 0 Å². The van der Waals surface area contributed by atoms with E-state index in [0.29, 0.717) is 5.69 Å². The summed E-state index contributed by atoms with van der Waals surface area (Å²) in [6.07, 6.45) is 0. The summed E-state index contributed by atoms with van der Waals surface area (Å²) in [6, 6.07) is 20.8. The average Bonchev–Trinajstić information content (AvgIpc) is 2.89. The van der Waals surface area contributed by atoms with E-state index < -0.39 is 0 Å². The van der Waals surface area contributed by atoms with Crippen LogP contribution < -0.4 is 0 Å². The van der Waals surface area contributed by atoms with Gasteiger partial charge in [0.05, 0.1) is 5.69 Å². The average molecular weight is 293 g/mol. The Balaban J connectivity index is 0.000000164. The van der Waals surface area contributed by atoms with Crippen LogP contribution in [-0.4, -0.2) is 20.8 Å². The lowest BCUT2D eigenvalue weighted by Gasteiger charge is -1.98. The maximum atomic E-state index is 10.8. The second-order valence-electron chi connectivity index (χ2n) is 4.94. The molecule has 0 unspecified atom stereocenters. The van der Waals surface area contributed by atoms with Crippen molar-refractivity contribution >= 4 is 5.78 Å². The lowest BCUT2D eigenvalue weighted by Crippen LogP contribution is -1.97. The molecule has 1 heterocycles. The van der Waals surface area contributed by atoms with E-state index in [1.165, 1.54) is 18.1 Å². The Bertz CT molecular complexity index is 696. The maximum absolute atomic E-state index is 10.8. The fraction of sp³-hybridized carbons (Fsp3) is 0.167. The summed E-state index contributed by atoms with van der Waals surface area (Å²) in [5, 5.41) is 7.36. The number of rotatable bonds is 2. The molecule has 1 aromatic heterocycles. The van der Waals surface area contributed by atoms with Gasteiger partial charge < -0.3 is 0 Å². The number of ketones is 1. The predicted molar refractivity (Wildman–Crippen MR) is 87.6 cm³/mol. The molecular weight excluding hydrogens is 274 g/mol. The standard InChI is InChI=1S/C12H10.C6H9N3O/c1-3-7-11(8-4-1)12-9-5-2-6-10-12;1-4-6(5(2)10)7-8-9(4)3/h1-10H;1-3H3. The van der Waals surface area contributed by atoms with Gasteiger partial charge in [-0.2, -0.15) is 0 Å². The summed E-state index contributed by atoms with van der Waals surface area (Å²) < 4.78 is 1.58. The van der Waals surface area contributed by atoms with Gasteiger partial charge in [-0.05, 0) is 18.1 Å². The molecule has 0 fully saturated rings.